The van der Waals surface area contributed by atoms with Gasteiger partial charge in [-0.15, -0.1) is 0 Å². The average molecular weight is 401 g/mol. The number of hydrogen-bond donors (Lipinski definition) is 1. The van der Waals surface area contributed by atoms with Gasteiger partial charge in [-0.3, -0.25) is 9.78 Å². The van der Waals surface area contributed by atoms with Gasteiger partial charge in [0.1, 0.15) is 12.4 Å². The zero-order chi connectivity index (χ0) is 21.0. The lowest BCUT2D eigenvalue weighted by atomic mass is 9.98. The summed E-state index contributed by atoms with van der Waals surface area (Å²) < 4.78 is 44.9. The molecule has 0 bridgehead atoms. The quantitative estimate of drug-likeness (QED) is 0.611. The molecule has 0 saturated carbocycles. The Morgan fingerprint density at radius 1 is 0.966 bits per heavy atom. The van der Waals surface area contributed by atoms with Crippen LogP contribution < -0.4 is 4.74 Å². The molecule has 1 aromatic heterocycles. The number of carbonyl (C=O) groups is 2. The third-order valence-corrected chi connectivity index (χ3v) is 4.09. The van der Waals surface area contributed by atoms with Crippen molar-refractivity contribution in [3.63, 3.8) is 0 Å². The van der Waals surface area contributed by atoms with E-state index in [1.54, 1.807) is 30.3 Å². The fourth-order valence-electron chi connectivity index (χ4n) is 2.65. The van der Waals surface area contributed by atoms with Gasteiger partial charge >= 0.3 is 12.1 Å². The molecule has 8 heteroatoms. The van der Waals surface area contributed by atoms with E-state index in [2.05, 4.69) is 4.98 Å². The number of pyridine rings is 1. The van der Waals surface area contributed by atoms with Crippen molar-refractivity contribution in [3.8, 4) is 5.75 Å². The Bertz CT molecular complexity index is 1050. The minimum absolute atomic E-state index is 0.0649. The van der Waals surface area contributed by atoms with Gasteiger partial charge in [-0.2, -0.15) is 13.2 Å². The average Bonchev–Trinajstić information content (AvgIpc) is 2.71. The number of ether oxygens (including phenoxy) is 1. The van der Waals surface area contributed by atoms with Crippen LogP contribution in [0, 0.1) is 0 Å². The van der Waals surface area contributed by atoms with Crippen molar-refractivity contribution >= 4 is 11.8 Å². The van der Waals surface area contributed by atoms with Crippen LogP contribution in [0.4, 0.5) is 13.2 Å². The smallest absolute Gasteiger partial charge is 0.416 e. The number of carboxylic acid groups (broad SMARTS) is 1. The maximum atomic E-state index is 13.1. The Labute approximate surface area is 163 Å². The number of ketones is 1. The Morgan fingerprint density at radius 2 is 1.69 bits per heavy atom. The number of carbonyl (C=O) groups excluding carboxylic acids is 1. The number of halogens is 3. The largest absolute Gasteiger partial charge is 0.488 e. The third-order valence-electron chi connectivity index (χ3n) is 4.09. The summed E-state index contributed by atoms with van der Waals surface area (Å²) in [7, 11) is 0. The summed E-state index contributed by atoms with van der Waals surface area (Å²) in [6.45, 7) is -0.0649. The molecule has 3 rings (SSSR count). The molecule has 0 aliphatic rings. The minimum Gasteiger partial charge on any atom is -0.488 e. The van der Waals surface area contributed by atoms with E-state index in [1.807, 2.05) is 0 Å². The predicted octanol–water partition coefficient (Wildman–Crippen LogP) is 4.61. The van der Waals surface area contributed by atoms with Gasteiger partial charge in [-0.05, 0) is 29.8 Å². The van der Waals surface area contributed by atoms with Gasteiger partial charge in [0.05, 0.1) is 16.7 Å². The van der Waals surface area contributed by atoms with Gasteiger partial charge in [0.15, 0.2) is 5.78 Å². The normalized spacial score (nSPS) is 11.1. The Kier molecular flexibility index (Phi) is 5.63. The summed E-state index contributed by atoms with van der Waals surface area (Å²) in [5, 5.41) is 9.26. The van der Waals surface area contributed by atoms with E-state index < -0.39 is 23.5 Å². The van der Waals surface area contributed by atoms with Crippen molar-refractivity contribution in [2.45, 2.75) is 12.8 Å². The summed E-state index contributed by atoms with van der Waals surface area (Å²) in [6, 6.07) is 12.4. The Hall–Kier alpha value is -3.68. The second-order valence-electron chi connectivity index (χ2n) is 6.04. The van der Waals surface area contributed by atoms with Crippen LogP contribution in [0.5, 0.6) is 5.75 Å². The third kappa shape index (κ3) is 4.60. The fourth-order valence-corrected chi connectivity index (χ4v) is 2.65. The molecular weight excluding hydrogens is 387 g/mol. The second-order valence-corrected chi connectivity index (χ2v) is 6.04. The van der Waals surface area contributed by atoms with Gasteiger partial charge in [-0.1, -0.05) is 30.3 Å². The summed E-state index contributed by atoms with van der Waals surface area (Å²) in [5.41, 5.74) is -1.02. The van der Waals surface area contributed by atoms with E-state index in [0.717, 1.165) is 24.4 Å². The molecule has 5 nitrogen and oxygen atoms in total. The lowest BCUT2D eigenvalue weighted by molar-refractivity contribution is -0.137. The van der Waals surface area contributed by atoms with Gasteiger partial charge < -0.3 is 9.84 Å². The SMILES string of the molecule is O=C(O)c1cnccc1C(=O)c1ccc(C(F)(F)F)cc1OCc1ccccc1. The topological polar surface area (TPSA) is 76.5 Å². The molecule has 0 fully saturated rings. The zero-order valence-corrected chi connectivity index (χ0v) is 14.8. The maximum absolute atomic E-state index is 13.1. The summed E-state index contributed by atoms with van der Waals surface area (Å²) in [5.74, 6) is -2.44. The highest BCUT2D eigenvalue weighted by Crippen LogP contribution is 2.34. The number of carboxylic acids is 1. The van der Waals surface area contributed by atoms with E-state index in [4.69, 9.17) is 4.74 Å². The molecule has 0 spiro atoms. The maximum Gasteiger partial charge on any atom is 0.416 e. The van der Waals surface area contributed by atoms with Gasteiger partial charge in [0, 0.05) is 18.0 Å². The van der Waals surface area contributed by atoms with Crippen molar-refractivity contribution in [1.29, 1.82) is 0 Å². The first-order valence-corrected chi connectivity index (χ1v) is 8.37. The molecule has 0 amide bonds. The number of hydrogen-bond acceptors (Lipinski definition) is 4. The van der Waals surface area contributed by atoms with Crippen LogP contribution >= 0.6 is 0 Å². The molecule has 1 heterocycles. The van der Waals surface area contributed by atoms with Crippen LogP contribution in [0.1, 0.15) is 37.4 Å². The molecule has 0 unspecified atom stereocenters. The fraction of sp³-hybridized carbons (Fsp3) is 0.0952. The minimum atomic E-state index is -4.63. The summed E-state index contributed by atoms with van der Waals surface area (Å²) >= 11 is 0. The Morgan fingerprint density at radius 3 is 2.34 bits per heavy atom. The first-order valence-electron chi connectivity index (χ1n) is 8.37. The number of nitrogens with zero attached hydrogens (tertiary/aromatic N) is 1. The zero-order valence-electron chi connectivity index (χ0n) is 14.8. The highest BCUT2D eigenvalue weighted by molar-refractivity contribution is 6.15. The number of alkyl halides is 3. The molecule has 0 saturated heterocycles. The van der Waals surface area contributed by atoms with E-state index in [9.17, 15) is 27.9 Å². The molecule has 148 valence electrons. The highest BCUT2D eigenvalue weighted by Gasteiger charge is 2.32. The van der Waals surface area contributed by atoms with Gasteiger partial charge in [-0.25, -0.2) is 4.79 Å². The van der Waals surface area contributed by atoms with Crippen molar-refractivity contribution in [1.82, 2.24) is 4.98 Å². The van der Waals surface area contributed by atoms with E-state index in [0.29, 0.717) is 5.56 Å². The van der Waals surface area contributed by atoms with Crippen LogP contribution in [-0.4, -0.2) is 21.8 Å². The van der Waals surface area contributed by atoms with Crippen molar-refractivity contribution in [2.24, 2.45) is 0 Å². The monoisotopic (exact) mass is 401 g/mol. The van der Waals surface area contributed by atoms with Crippen LogP contribution in [0.15, 0.2) is 67.0 Å². The molecular formula is C21H14F3NO4. The van der Waals surface area contributed by atoms with E-state index in [-0.39, 0.29) is 29.0 Å². The summed E-state index contributed by atoms with van der Waals surface area (Å²) in [4.78, 5) is 28.0. The second kappa shape index (κ2) is 8.14. The van der Waals surface area contributed by atoms with Crippen LogP contribution in [0.25, 0.3) is 0 Å². The lowest BCUT2D eigenvalue weighted by Crippen LogP contribution is -2.13. The van der Waals surface area contributed by atoms with Crippen LogP contribution in [0.2, 0.25) is 0 Å². The van der Waals surface area contributed by atoms with Crippen LogP contribution in [-0.2, 0) is 12.8 Å². The number of aromatic nitrogens is 1. The molecule has 0 radical (unpaired) electrons. The number of aromatic carboxylic acids is 1. The van der Waals surface area contributed by atoms with E-state index >= 15 is 0 Å². The van der Waals surface area contributed by atoms with Gasteiger partial charge in [0.25, 0.3) is 0 Å². The Balaban J connectivity index is 2.03. The van der Waals surface area contributed by atoms with E-state index in [1.165, 1.54) is 12.3 Å². The molecule has 1 N–H and O–H groups in total. The predicted molar refractivity (Wildman–Crippen MR) is 96.8 cm³/mol. The van der Waals surface area contributed by atoms with Gasteiger partial charge in [0.2, 0.25) is 0 Å². The van der Waals surface area contributed by atoms with Crippen LogP contribution in [0.3, 0.4) is 0 Å². The molecule has 29 heavy (non-hydrogen) atoms. The lowest BCUT2D eigenvalue weighted by Gasteiger charge is -2.15. The molecule has 0 aliphatic carbocycles. The van der Waals surface area contributed by atoms with Crippen molar-refractivity contribution in [3.05, 3.63) is 94.8 Å². The molecule has 3 aromatic rings. The summed E-state index contributed by atoms with van der Waals surface area (Å²) in [6.07, 6.45) is -2.40. The molecule has 0 aliphatic heterocycles. The van der Waals surface area contributed by atoms with Crippen molar-refractivity contribution < 1.29 is 32.6 Å². The number of rotatable bonds is 6. The molecule has 2 aromatic carbocycles. The first kappa shape index (κ1) is 20.1. The van der Waals surface area contributed by atoms with Crippen molar-refractivity contribution in [2.75, 3.05) is 0 Å². The standard InChI is InChI=1S/C21H14F3NO4/c22-21(23,24)14-6-7-16(18(10-14)29-12-13-4-2-1-3-5-13)19(26)15-8-9-25-11-17(15)20(27)28/h1-11H,12H2,(H,27,28). The first-order chi connectivity index (χ1) is 13.8. The molecule has 0 atom stereocenters. The highest BCUT2D eigenvalue weighted by atomic mass is 19.4. The number of benzene rings is 2.